The molecule has 4 heteroatoms. The molecule has 2 rings (SSSR count). The lowest BCUT2D eigenvalue weighted by Gasteiger charge is -2.11. The number of ether oxygens (including phenoxy) is 2. The Morgan fingerprint density at radius 2 is 1.74 bits per heavy atom. The van der Waals surface area contributed by atoms with Crippen LogP contribution in [-0.2, 0) is 0 Å². The molecule has 0 unspecified atom stereocenters. The maximum Gasteiger partial charge on any atom is 0.256 e. The van der Waals surface area contributed by atoms with Crippen LogP contribution in [0, 0.1) is 13.8 Å². The van der Waals surface area contributed by atoms with E-state index in [-0.39, 0.29) is 5.56 Å². The van der Waals surface area contributed by atoms with Gasteiger partial charge in [-0.2, -0.15) is 0 Å². The molecule has 0 fully saturated rings. The molecule has 0 aliphatic rings. The van der Waals surface area contributed by atoms with Gasteiger partial charge in [0.2, 0.25) is 0 Å². The number of aromatic nitrogens is 1. The zero-order valence-electron chi connectivity index (χ0n) is 11.5. The van der Waals surface area contributed by atoms with E-state index in [4.69, 9.17) is 9.47 Å². The van der Waals surface area contributed by atoms with Crippen molar-refractivity contribution < 1.29 is 9.47 Å². The Morgan fingerprint density at radius 1 is 1.00 bits per heavy atom. The van der Waals surface area contributed by atoms with E-state index in [0.29, 0.717) is 17.1 Å². The second-order valence-electron chi connectivity index (χ2n) is 4.39. The summed E-state index contributed by atoms with van der Waals surface area (Å²) in [6.45, 7) is 3.84. The van der Waals surface area contributed by atoms with Crippen LogP contribution in [0.4, 0.5) is 0 Å². The Hall–Kier alpha value is -2.23. The van der Waals surface area contributed by atoms with Gasteiger partial charge in [-0.1, -0.05) is 0 Å². The number of nitrogens with one attached hydrogen (secondary N) is 1. The topological polar surface area (TPSA) is 51.3 Å². The van der Waals surface area contributed by atoms with Crippen molar-refractivity contribution in [3.63, 3.8) is 0 Å². The fraction of sp³-hybridized carbons (Fsp3) is 0.267. The fourth-order valence-electron chi connectivity index (χ4n) is 1.95. The minimum atomic E-state index is -0.130. The molecule has 0 atom stereocenters. The highest BCUT2D eigenvalue weighted by molar-refractivity contribution is 5.72. The molecular weight excluding hydrogens is 242 g/mol. The smallest absolute Gasteiger partial charge is 0.256 e. The van der Waals surface area contributed by atoms with Crippen LogP contribution in [0.2, 0.25) is 0 Å². The lowest BCUT2D eigenvalue weighted by Crippen LogP contribution is -2.11. The second-order valence-corrected chi connectivity index (χ2v) is 4.39. The second kappa shape index (κ2) is 5.18. The van der Waals surface area contributed by atoms with Crippen molar-refractivity contribution in [2.45, 2.75) is 13.8 Å². The van der Waals surface area contributed by atoms with E-state index >= 15 is 0 Å². The molecule has 0 spiro atoms. The first-order valence-corrected chi connectivity index (χ1v) is 5.99. The molecular formula is C15H17NO3. The summed E-state index contributed by atoms with van der Waals surface area (Å²) in [6.07, 6.45) is 0. The summed E-state index contributed by atoms with van der Waals surface area (Å²) in [4.78, 5) is 15.0. The van der Waals surface area contributed by atoms with Crippen molar-refractivity contribution in [3.8, 4) is 22.6 Å². The predicted octanol–water partition coefficient (Wildman–Crippen LogP) is 2.68. The molecule has 1 heterocycles. The summed E-state index contributed by atoms with van der Waals surface area (Å²) in [6, 6.07) is 7.27. The standard InChI is InChI=1S/C15H17NO3/c1-9-7-13(15(17)16-10(9)2)12-8-11(18-3)5-6-14(12)19-4/h5-8H,1-4H3,(H,16,17). The molecule has 0 amide bonds. The third-order valence-electron chi connectivity index (χ3n) is 3.19. The van der Waals surface area contributed by atoms with Crippen LogP contribution in [0.1, 0.15) is 11.3 Å². The van der Waals surface area contributed by atoms with E-state index in [2.05, 4.69) is 4.98 Å². The lowest BCUT2D eigenvalue weighted by atomic mass is 10.0. The van der Waals surface area contributed by atoms with Crippen LogP contribution in [0.25, 0.3) is 11.1 Å². The van der Waals surface area contributed by atoms with Crippen LogP contribution in [0.5, 0.6) is 11.5 Å². The van der Waals surface area contributed by atoms with Crippen molar-refractivity contribution in [1.29, 1.82) is 0 Å². The van der Waals surface area contributed by atoms with Crippen molar-refractivity contribution in [1.82, 2.24) is 4.98 Å². The number of aryl methyl sites for hydroxylation is 2. The van der Waals surface area contributed by atoms with E-state index in [1.807, 2.05) is 19.9 Å². The monoisotopic (exact) mass is 259 g/mol. The van der Waals surface area contributed by atoms with Gasteiger partial charge >= 0.3 is 0 Å². The third-order valence-corrected chi connectivity index (χ3v) is 3.19. The SMILES string of the molecule is COc1ccc(OC)c(-c2cc(C)c(C)[nH]c2=O)c1. The fourth-order valence-corrected chi connectivity index (χ4v) is 1.95. The highest BCUT2D eigenvalue weighted by atomic mass is 16.5. The number of hydrogen-bond acceptors (Lipinski definition) is 3. The number of aromatic amines is 1. The number of hydrogen-bond donors (Lipinski definition) is 1. The average Bonchev–Trinajstić information content (AvgIpc) is 2.42. The Kier molecular flexibility index (Phi) is 3.60. The minimum Gasteiger partial charge on any atom is -0.497 e. The van der Waals surface area contributed by atoms with E-state index in [1.54, 1.807) is 32.4 Å². The van der Waals surface area contributed by atoms with Crippen LogP contribution in [0.3, 0.4) is 0 Å². The van der Waals surface area contributed by atoms with E-state index in [0.717, 1.165) is 16.8 Å². The molecule has 0 aliphatic carbocycles. The molecule has 1 aromatic heterocycles. The molecule has 19 heavy (non-hydrogen) atoms. The van der Waals surface area contributed by atoms with Crippen LogP contribution in [-0.4, -0.2) is 19.2 Å². The first-order valence-electron chi connectivity index (χ1n) is 5.99. The van der Waals surface area contributed by atoms with Gasteiger partial charge in [-0.25, -0.2) is 0 Å². The van der Waals surface area contributed by atoms with Gasteiger partial charge in [-0.05, 0) is 43.7 Å². The predicted molar refractivity (Wildman–Crippen MR) is 75.1 cm³/mol. The molecule has 1 N–H and O–H groups in total. The molecule has 1 aromatic carbocycles. The zero-order valence-corrected chi connectivity index (χ0v) is 11.5. The average molecular weight is 259 g/mol. The Bertz CT molecular complexity index is 659. The van der Waals surface area contributed by atoms with Crippen molar-refractivity contribution in [2.24, 2.45) is 0 Å². The summed E-state index contributed by atoms with van der Waals surface area (Å²) in [5.74, 6) is 1.34. The van der Waals surface area contributed by atoms with Crippen molar-refractivity contribution >= 4 is 0 Å². The molecule has 4 nitrogen and oxygen atoms in total. The lowest BCUT2D eigenvalue weighted by molar-refractivity contribution is 0.404. The highest BCUT2D eigenvalue weighted by Gasteiger charge is 2.12. The van der Waals surface area contributed by atoms with E-state index < -0.39 is 0 Å². The first-order chi connectivity index (χ1) is 9.06. The Morgan fingerprint density at radius 3 is 2.37 bits per heavy atom. The summed E-state index contributed by atoms with van der Waals surface area (Å²) < 4.78 is 10.5. The van der Waals surface area contributed by atoms with Gasteiger partial charge in [0, 0.05) is 11.3 Å². The molecule has 100 valence electrons. The first kappa shape index (κ1) is 13.2. The Balaban J connectivity index is 2.70. The van der Waals surface area contributed by atoms with E-state index in [1.165, 1.54) is 0 Å². The quantitative estimate of drug-likeness (QED) is 0.922. The Labute approximate surface area is 112 Å². The molecule has 0 radical (unpaired) electrons. The maximum atomic E-state index is 12.1. The number of H-pyrrole nitrogens is 1. The van der Waals surface area contributed by atoms with Crippen LogP contribution < -0.4 is 15.0 Å². The molecule has 0 saturated heterocycles. The van der Waals surface area contributed by atoms with Gasteiger partial charge in [-0.15, -0.1) is 0 Å². The summed E-state index contributed by atoms with van der Waals surface area (Å²) in [7, 11) is 3.18. The van der Waals surface area contributed by atoms with Gasteiger partial charge < -0.3 is 14.5 Å². The number of methoxy groups -OCH3 is 2. The van der Waals surface area contributed by atoms with Gasteiger partial charge in [-0.3, -0.25) is 4.79 Å². The molecule has 0 bridgehead atoms. The largest absolute Gasteiger partial charge is 0.497 e. The summed E-state index contributed by atoms with van der Waals surface area (Å²) in [5, 5.41) is 0. The molecule has 0 aliphatic heterocycles. The van der Waals surface area contributed by atoms with Gasteiger partial charge in [0.15, 0.2) is 0 Å². The molecule has 2 aromatic rings. The number of rotatable bonds is 3. The third kappa shape index (κ3) is 2.47. The number of pyridine rings is 1. The highest BCUT2D eigenvalue weighted by Crippen LogP contribution is 2.31. The summed E-state index contributed by atoms with van der Waals surface area (Å²) >= 11 is 0. The van der Waals surface area contributed by atoms with Crippen molar-refractivity contribution in [2.75, 3.05) is 14.2 Å². The molecule has 0 saturated carbocycles. The van der Waals surface area contributed by atoms with Crippen molar-refractivity contribution in [3.05, 3.63) is 45.9 Å². The maximum absolute atomic E-state index is 12.1. The van der Waals surface area contributed by atoms with Crippen LogP contribution in [0.15, 0.2) is 29.1 Å². The minimum absolute atomic E-state index is 0.130. The summed E-state index contributed by atoms with van der Waals surface area (Å²) in [5.41, 5.74) is 3.08. The van der Waals surface area contributed by atoms with Gasteiger partial charge in [0.1, 0.15) is 11.5 Å². The number of benzene rings is 1. The van der Waals surface area contributed by atoms with Gasteiger partial charge in [0.05, 0.1) is 19.8 Å². The van der Waals surface area contributed by atoms with Crippen LogP contribution >= 0.6 is 0 Å². The zero-order chi connectivity index (χ0) is 14.0. The van der Waals surface area contributed by atoms with E-state index in [9.17, 15) is 4.79 Å². The normalized spacial score (nSPS) is 10.3. The van der Waals surface area contributed by atoms with Gasteiger partial charge in [0.25, 0.3) is 5.56 Å².